The molecule has 2 spiro atoms. The van der Waals surface area contributed by atoms with Gasteiger partial charge < -0.3 is 5.32 Å². The van der Waals surface area contributed by atoms with E-state index in [1.165, 1.54) is 35.5 Å². The van der Waals surface area contributed by atoms with Crippen molar-refractivity contribution in [2.75, 3.05) is 4.90 Å². The third-order valence-corrected chi connectivity index (χ3v) is 5.67. The van der Waals surface area contributed by atoms with Crippen molar-refractivity contribution in [3.63, 3.8) is 0 Å². The highest BCUT2D eigenvalue weighted by Gasteiger charge is 2.66. The van der Waals surface area contributed by atoms with Crippen LogP contribution in [-0.2, 0) is 4.79 Å². The Hall–Kier alpha value is -1.43. The van der Waals surface area contributed by atoms with Gasteiger partial charge in [-0.2, -0.15) is 0 Å². The highest BCUT2D eigenvalue weighted by Crippen LogP contribution is 2.61. The van der Waals surface area contributed by atoms with Gasteiger partial charge in [-0.1, -0.05) is 6.42 Å². The number of anilines is 1. The molecule has 2 heterocycles. The first-order valence-electron chi connectivity index (χ1n) is 6.63. The first-order chi connectivity index (χ1) is 9.04. The predicted octanol–water partition coefficient (Wildman–Crippen LogP) is 2.21. The van der Waals surface area contributed by atoms with Gasteiger partial charge in [-0.15, -0.1) is 11.3 Å². The second-order valence-electron chi connectivity index (χ2n) is 6.13. The monoisotopic (exact) mass is 277 g/mol. The van der Waals surface area contributed by atoms with Crippen LogP contribution in [0.3, 0.4) is 0 Å². The minimum absolute atomic E-state index is 0.107. The molecule has 1 saturated heterocycles. The predicted molar refractivity (Wildman–Crippen MR) is 71.1 cm³/mol. The van der Waals surface area contributed by atoms with Crippen LogP contribution in [0.4, 0.5) is 9.93 Å². The molecule has 3 fully saturated rings. The maximum Gasteiger partial charge on any atom is 0.331 e. The number of hydrogen-bond acceptors (Lipinski definition) is 4. The molecule has 1 aromatic heterocycles. The molecule has 0 radical (unpaired) electrons. The van der Waals surface area contributed by atoms with Crippen LogP contribution in [0.1, 0.15) is 37.8 Å². The lowest BCUT2D eigenvalue weighted by atomic mass is 9.48. The summed E-state index contributed by atoms with van der Waals surface area (Å²) in [6.45, 7) is 1.86. The molecule has 6 heteroatoms. The molecule has 0 aromatic carbocycles. The van der Waals surface area contributed by atoms with Crippen LogP contribution >= 0.6 is 11.3 Å². The SMILES string of the molecule is Cc1csc(N2C(=O)NC3(CC4(CCC4)C3)C2=O)n1. The fourth-order valence-electron chi connectivity index (χ4n) is 3.74. The van der Waals surface area contributed by atoms with Crippen LogP contribution in [-0.4, -0.2) is 22.5 Å². The second-order valence-corrected chi connectivity index (χ2v) is 6.97. The van der Waals surface area contributed by atoms with E-state index in [4.69, 9.17) is 0 Å². The fraction of sp³-hybridized carbons (Fsp3) is 0.615. The third kappa shape index (κ3) is 1.38. The van der Waals surface area contributed by atoms with E-state index in [1.807, 2.05) is 12.3 Å². The summed E-state index contributed by atoms with van der Waals surface area (Å²) in [5.41, 5.74) is 0.556. The Bertz CT molecular complexity index is 582. The Morgan fingerprint density at radius 3 is 2.63 bits per heavy atom. The van der Waals surface area contributed by atoms with Crippen molar-refractivity contribution in [1.82, 2.24) is 10.3 Å². The van der Waals surface area contributed by atoms with E-state index < -0.39 is 5.54 Å². The minimum Gasteiger partial charge on any atom is -0.323 e. The van der Waals surface area contributed by atoms with E-state index >= 15 is 0 Å². The summed E-state index contributed by atoms with van der Waals surface area (Å²) in [5, 5.41) is 5.25. The number of carbonyl (C=O) groups excluding carboxylic acids is 2. The zero-order chi connectivity index (χ0) is 13.3. The molecule has 1 N–H and O–H groups in total. The Kier molecular flexibility index (Phi) is 2.02. The van der Waals surface area contributed by atoms with Gasteiger partial charge in [0.25, 0.3) is 5.91 Å². The molecule has 5 nitrogen and oxygen atoms in total. The zero-order valence-electron chi connectivity index (χ0n) is 10.7. The van der Waals surface area contributed by atoms with Gasteiger partial charge >= 0.3 is 6.03 Å². The van der Waals surface area contributed by atoms with Crippen molar-refractivity contribution in [1.29, 1.82) is 0 Å². The number of urea groups is 1. The molecule has 100 valence electrons. The number of imide groups is 1. The van der Waals surface area contributed by atoms with E-state index in [9.17, 15) is 9.59 Å². The van der Waals surface area contributed by atoms with Gasteiger partial charge in [-0.25, -0.2) is 14.7 Å². The van der Waals surface area contributed by atoms with E-state index in [0.29, 0.717) is 10.5 Å². The van der Waals surface area contributed by atoms with Gasteiger partial charge in [-0.05, 0) is 38.0 Å². The van der Waals surface area contributed by atoms with Gasteiger partial charge in [-0.3, -0.25) is 4.79 Å². The van der Waals surface area contributed by atoms with Crippen molar-refractivity contribution in [2.24, 2.45) is 5.41 Å². The first-order valence-corrected chi connectivity index (χ1v) is 7.51. The fourth-order valence-corrected chi connectivity index (χ4v) is 4.53. The Morgan fingerprint density at radius 2 is 2.11 bits per heavy atom. The minimum atomic E-state index is -0.628. The van der Waals surface area contributed by atoms with Crippen LogP contribution < -0.4 is 10.2 Å². The molecular weight excluding hydrogens is 262 g/mol. The van der Waals surface area contributed by atoms with Gasteiger partial charge in [0, 0.05) is 5.38 Å². The lowest BCUT2D eigenvalue weighted by molar-refractivity contribution is -0.136. The number of nitrogens with one attached hydrogen (secondary N) is 1. The normalized spacial score (nSPS) is 26.5. The number of hydrogen-bond donors (Lipinski definition) is 1. The smallest absolute Gasteiger partial charge is 0.323 e. The number of thiazole rings is 1. The van der Waals surface area contributed by atoms with Crippen LogP contribution in [0, 0.1) is 12.3 Å². The van der Waals surface area contributed by atoms with Gasteiger partial charge in [0.1, 0.15) is 5.54 Å². The van der Waals surface area contributed by atoms with Crippen LogP contribution in [0.15, 0.2) is 5.38 Å². The molecule has 0 atom stereocenters. The number of aryl methyl sites for hydroxylation is 1. The highest BCUT2D eigenvalue weighted by molar-refractivity contribution is 7.14. The average molecular weight is 277 g/mol. The van der Waals surface area contributed by atoms with E-state index in [-0.39, 0.29) is 11.9 Å². The molecule has 19 heavy (non-hydrogen) atoms. The maximum atomic E-state index is 12.6. The standard InChI is InChI=1S/C13H15N3O2S/c1-8-5-19-11(14-8)16-9(17)13(15-10(16)18)6-12(7-13)3-2-4-12/h5H,2-4,6-7H2,1H3,(H,15,18). The largest absolute Gasteiger partial charge is 0.331 e. The van der Waals surface area contributed by atoms with Crippen molar-refractivity contribution in [3.8, 4) is 0 Å². The lowest BCUT2D eigenvalue weighted by Crippen LogP contribution is -2.64. The number of rotatable bonds is 1. The number of carbonyl (C=O) groups is 2. The molecule has 3 aliphatic rings. The van der Waals surface area contributed by atoms with E-state index in [1.54, 1.807) is 0 Å². The van der Waals surface area contributed by atoms with Gasteiger partial charge in [0.15, 0.2) is 0 Å². The molecule has 4 rings (SSSR count). The molecule has 2 saturated carbocycles. The van der Waals surface area contributed by atoms with Crippen molar-refractivity contribution in [3.05, 3.63) is 11.1 Å². The summed E-state index contributed by atoms with van der Waals surface area (Å²) < 4.78 is 0. The number of aromatic nitrogens is 1. The first kappa shape index (κ1) is 11.4. The van der Waals surface area contributed by atoms with Gasteiger partial charge in [0.05, 0.1) is 5.69 Å². The Morgan fingerprint density at radius 1 is 1.37 bits per heavy atom. The maximum absolute atomic E-state index is 12.6. The van der Waals surface area contributed by atoms with Crippen LogP contribution in [0.25, 0.3) is 0 Å². The van der Waals surface area contributed by atoms with E-state index in [2.05, 4.69) is 10.3 Å². The summed E-state index contributed by atoms with van der Waals surface area (Å²) >= 11 is 1.34. The quantitative estimate of drug-likeness (QED) is 0.801. The Labute approximate surface area is 115 Å². The summed E-state index contributed by atoms with van der Waals surface area (Å²) in [6.07, 6.45) is 5.28. The third-order valence-electron chi connectivity index (χ3n) is 4.73. The molecule has 0 unspecified atom stereocenters. The van der Waals surface area contributed by atoms with Crippen molar-refractivity contribution >= 4 is 28.4 Å². The Balaban J connectivity index is 1.62. The molecule has 2 aliphatic carbocycles. The summed E-state index contributed by atoms with van der Waals surface area (Å²) in [6, 6.07) is -0.312. The van der Waals surface area contributed by atoms with Gasteiger partial charge in [0.2, 0.25) is 5.13 Å². The molecule has 3 amide bonds. The topological polar surface area (TPSA) is 62.3 Å². The summed E-state index contributed by atoms with van der Waals surface area (Å²) in [5.74, 6) is -0.107. The average Bonchev–Trinajstić information content (AvgIpc) is 2.76. The van der Waals surface area contributed by atoms with Crippen molar-refractivity contribution < 1.29 is 9.59 Å². The summed E-state index contributed by atoms with van der Waals surface area (Å²) in [7, 11) is 0. The van der Waals surface area contributed by atoms with E-state index in [0.717, 1.165) is 18.5 Å². The molecular formula is C13H15N3O2S. The summed E-state index contributed by atoms with van der Waals surface area (Å²) in [4.78, 5) is 30.1. The molecule has 1 aromatic rings. The van der Waals surface area contributed by atoms with Crippen LogP contribution in [0.2, 0.25) is 0 Å². The molecule has 0 bridgehead atoms. The molecule has 1 aliphatic heterocycles. The number of amides is 3. The van der Waals surface area contributed by atoms with Crippen LogP contribution in [0.5, 0.6) is 0 Å². The highest BCUT2D eigenvalue weighted by atomic mass is 32.1. The number of nitrogens with zero attached hydrogens (tertiary/aromatic N) is 2. The lowest BCUT2D eigenvalue weighted by Gasteiger charge is -2.58. The second kappa shape index (κ2) is 3.36. The zero-order valence-corrected chi connectivity index (χ0v) is 11.5. The van der Waals surface area contributed by atoms with Crippen molar-refractivity contribution in [2.45, 2.75) is 44.6 Å².